The van der Waals surface area contributed by atoms with Gasteiger partial charge in [0.15, 0.2) is 0 Å². The molecule has 5 heteroatoms. The van der Waals surface area contributed by atoms with Crippen molar-refractivity contribution < 1.29 is 0 Å². The molecule has 1 aliphatic rings. The number of imidazole rings is 1. The number of anilines is 1. The van der Waals surface area contributed by atoms with E-state index in [4.69, 9.17) is 5.73 Å². The summed E-state index contributed by atoms with van der Waals surface area (Å²) in [5.74, 6) is 1.29. The quantitative estimate of drug-likeness (QED) is 0.883. The molecule has 0 amide bonds. The van der Waals surface area contributed by atoms with Crippen LogP contribution in [0.4, 0.5) is 5.95 Å². The summed E-state index contributed by atoms with van der Waals surface area (Å²) in [6.07, 6.45) is 6.26. The van der Waals surface area contributed by atoms with Gasteiger partial charge in [0.1, 0.15) is 0 Å². The molecule has 1 fully saturated rings. The van der Waals surface area contributed by atoms with Gasteiger partial charge in [-0.1, -0.05) is 31.2 Å². The highest BCUT2D eigenvalue weighted by atomic mass is 15.4. The highest BCUT2D eigenvalue weighted by Crippen LogP contribution is 2.18. The number of hydrogen-bond acceptors (Lipinski definition) is 4. The molecule has 2 heterocycles. The molecule has 1 aromatic heterocycles. The van der Waals surface area contributed by atoms with Crippen LogP contribution in [-0.4, -0.2) is 33.9 Å². The van der Waals surface area contributed by atoms with Gasteiger partial charge in [-0.05, 0) is 49.9 Å². The molecule has 5 nitrogen and oxygen atoms in total. The molecular formula is C18H25N5. The lowest BCUT2D eigenvalue weighted by atomic mass is 9.99. The number of hydrogen-bond donors (Lipinski definition) is 1. The smallest absolute Gasteiger partial charge is 0.221 e. The van der Waals surface area contributed by atoms with Gasteiger partial charge in [0, 0.05) is 6.54 Å². The van der Waals surface area contributed by atoms with Crippen LogP contribution in [0.5, 0.6) is 0 Å². The number of piperidine rings is 1. The van der Waals surface area contributed by atoms with Crippen LogP contribution < -0.4 is 5.73 Å². The number of benzene rings is 1. The molecule has 1 saturated heterocycles. The number of aryl methyl sites for hydroxylation is 1. The summed E-state index contributed by atoms with van der Waals surface area (Å²) >= 11 is 0. The molecule has 0 bridgehead atoms. The van der Waals surface area contributed by atoms with Gasteiger partial charge in [0.05, 0.1) is 18.1 Å². The first kappa shape index (κ1) is 15.7. The molecule has 0 saturated carbocycles. The van der Waals surface area contributed by atoms with E-state index in [0.717, 1.165) is 23.7 Å². The normalized spacial score (nSPS) is 17.1. The summed E-state index contributed by atoms with van der Waals surface area (Å²) in [5, 5.41) is 4.34. The van der Waals surface area contributed by atoms with Gasteiger partial charge in [-0.2, -0.15) is 5.10 Å². The summed E-state index contributed by atoms with van der Waals surface area (Å²) in [5.41, 5.74) is 9.06. The predicted octanol–water partition coefficient (Wildman–Crippen LogP) is 2.89. The van der Waals surface area contributed by atoms with Crippen molar-refractivity contribution in [3.8, 4) is 0 Å². The van der Waals surface area contributed by atoms with E-state index in [9.17, 15) is 0 Å². The lowest BCUT2D eigenvalue weighted by molar-refractivity contribution is 0.185. The third-order valence-electron chi connectivity index (χ3n) is 4.43. The van der Waals surface area contributed by atoms with E-state index in [0.29, 0.717) is 5.95 Å². The maximum Gasteiger partial charge on any atom is 0.221 e. The Labute approximate surface area is 137 Å². The number of rotatable bonds is 4. The van der Waals surface area contributed by atoms with E-state index >= 15 is 0 Å². The van der Waals surface area contributed by atoms with Crippen molar-refractivity contribution in [3.05, 3.63) is 47.3 Å². The Balaban J connectivity index is 1.59. The minimum Gasteiger partial charge on any atom is -0.368 e. The van der Waals surface area contributed by atoms with Crippen molar-refractivity contribution in [1.82, 2.24) is 14.6 Å². The Hall–Kier alpha value is -2.14. The highest BCUT2D eigenvalue weighted by molar-refractivity contribution is 5.79. The summed E-state index contributed by atoms with van der Waals surface area (Å²) in [7, 11) is 0. The van der Waals surface area contributed by atoms with Gasteiger partial charge < -0.3 is 5.73 Å². The van der Waals surface area contributed by atoms with Crippen molar-refractivity contribution in [2.24, 2.45) is 11.0 Å². The molecule has 0 spiro atoms. The van der Waals surface area contributed by atoms with Gasteiger partial charge in [-0.3, -0.25) is 4.90 Å². The summed E-state index contributed by atoms with van der Waals surface area (Å²) in [6.45, 7) is 7.71. The van der Waals surface area contributed by atoms with Crippen LogP contribution in [0.25, 0.3) is 0 Å². The van der Waals surface area contributed by atoms with Crippen LogP contribution in [0.3, 0.4) is 0 Å². The van der Waals surface area contributed by atoms with Crippen LogP contribution in [0.15, 0.2) is 35.6 Å². The Morgan fingerprint density at radius 3 is 2.57 bits per heavy atom. The number of nitrogens with two attached hydrogens (primary N) is 1. The van der Waals surface area contributed by atoms with Gasteiger partial charge in [-0.25, -0.2) is 9.66 Å². The first-order valence-electron chi connectivity index (χ1n) is 8.27. The van der Waals surface area contributed by atoms with Crippen molar-refractivity contribution >= 4 is 12.2 Å². The molecule has 23 heavy (non-hydrogen) atoms. The largest absolute Gasteiger partial charge is 0.368 e. The molecular weight excluding hydrogens is 286 g/mol. The van der Waals surface area contributed by atoms with Crippen molar-refractivity contribution in [3.63, 3.8) is 0 Å². The molecule has 1 aliphatic heterocycles. The Kier molecular flexibility index (Phi) is 4.76. The Bertz CT molecular complexity index is 663. The summed E-state index contributed by atoms with van der Waals surface area (Å²) < 4.78 is 1.60. The maximum absolute atomic E-state index is 5.78. The number of nitrogens with zero attached hydrogens (tertiary/aromatic N) is 4. The Morgan fingerprint density at radius 1 is 1.26 bits per heavy atom. The van der Waals surface area contributed by atoms with E-state index < -0.39 is 0 Å². The number of likely N-dealkylation sites (tertiary alicyclic amines) is 1. The molecule has 1 aromatic carbocycles. The average Bonchev–Trinajstić information content (AvgIpc) is 2.87. The first-order valence-corrected chi connectivity index (χ1v) is 8.27. The minimum absolute atomic E-state index is 0.412. The fourth-order valence-electron chi connectivity index (χ4n) is 2.91. The molecule has 0 radical (unpaired) electrons. The van der Waals surface area contributed by atoms with Gasteiger partial charge in [0.2, 0.25) is 5.95 Å². The lowest BCUT2D eigenvalue weighted by Crippen LogP contribution is -2.32. The molecule has 2 aromatic rings. The van der Waals surface area contributed by atoms with Crippen LogP contribution in [0.2, 0.25) is 0 Å². The second-order valence-corrected chi connectivity index (χ2v) is 6.53. The fraction of sp³-hybridized carbons (Fsp3) is 0.444. The minimum atomic E-state index is 0.412. The first-order chi connectivity index (χ1) is 11.1. The van der Waals surface area contributed by atoms with E-state index in [1.807, 2.05) is 19.3 Å². The second-order valence-electron chi connectivity index (χ2n) is 6.53. The Morgan fingerprint density at radius 2 is 1.96 bits per heavy atom. The van der Waals surface area contributed by atoms with Crippen LogP contribution in [0.1, 0.15) is 36.6 Å². The van der Waals surface area contributed by atoms with Gasteiger partial charge >= 0.3 is 0 Å². The zero-order valence-corrected chi connectivity index (χ0v) is 13.9. The monoisotopic (exact) mass is 311 g/mol. The summed E-state index contributed by atoms with van der Waals surface area (Å²) in [6, 6.07) is 8.57. The van der Waals surface area contributed by atoms with Crippen LogP contribution >= 0.6 is 0 Å². The number of nitrogen functional groups attached to an aromatic ring is 1. The predicted molar refractivity (Wildman–Crippen MR) is 94.5 cm³/mol. The number of aromatic nitrogens is 2. The van der Waals surface area contributed by atoms with E-state index in [2.05, 4.69) is 46.2 Å². The second kappa shape index (κ2) is 6.96. The molecule has 2 N–H and O–H groups in total. The highest BCUT2D eigenvalue weighted by Gasteiger charge is 2.15. The third kappa shape index (κ3) is 4.20. The van der Waals surface area contributed by atoms with Crippen LogP contribution in [-0.2, 0) is 6.54 Å². The molecule has 122 valence electrons. The lowest BCUT2D eigenvalue weighted by Gasteiger charge is -2.30. The standard InChI is InChI=1S/C18H25N5/c1-14-7-9-22(10-8-14)13-17-5-3-16(4-6-17)11-20-23-12-15(2)21-18(23)19/h3-6,11-12,14H,7-10,13H2,1-2H3,(H2,19,21). The third-order valence-corrected chi connectivity index (χ3v) is 4.43. The van der Waals surface area contributed by atoms with E-state index in [1.165, 1.54) is 31.5 Å². The van der Waals surface area contributed by atoms with E-state index in [1.54, 1.807) is 4.68 Å². The van der Waals surface area contributed by atoms with Crippen molar-refractivity contribution in [1.29, 1.82) is 0 Å². The van der Waals surface area contributed by atoms with E-state index in [-0.39, 0.29) is 0 Å². The molecule has 0 unspecified atom stereocenters. The average molecular weight is 311 g/mol. The summed E-state index contributed by atoms with van der Waals surface area (Å²) in [4.78, 5) is 6.67. The van der Waals surface area contributed by atoms with Crippen molar-refractivity contribution in [2.75, 3.05) is 18.8 Å². The van der Waals surface area contributed by atoms with Gasteiger partial charge in [-0.15, -0.1) is 0 Å². The topological polar surface area (TPSA) is 59.4 Å². The zero-order valence-electron chi connectivity index (χ0n) is 13.9. The van der Waals surface area contributed by atoms with Gasteiger partial charge in [0.25, 0.3) is 0 Å². The van der Waals surface area contributed by atoms with Crippen LogP contribution in [0, 0.1) is 12.8 Å². The van der Waals surface area contributed by atoms with Crippen molar-refractivity contribution in [2.45, 2.75) is 33.2 Å². The zero-order chi connectivity index (χ0) is 16.2. The molecule has 3 rings (SSSR count). The SMILES string of the molecule is Cc1cn(N=Cc2ccc(CN3CCC(C)CC3)cc2)c(N)n1. The maximum atomic E-state index is 5.78. The molecule has 0 aliphatic carbocycles. The fourth-order valence-corrected chi connectivity index (χ4v) is 2.91. The molecule has 0 atom stereocenters.